The number of methoxy groups -OCH3 is 1. The molecule has 106 valence electrons. The SMILES string of the molecule is COC(=O)c1ccc(N)c(Sc2cc3ccccc3[nH]2)n1. The Morgan fingerprint density at radius 1 is 1.29 bits per heavy atom. The summed E-state index contributed by atoms with van der Waals surface area (Å²) < 4.78 is 4.67. The van der Waals surface area contributed by atoms with Crippen LogP contribution in [0.1, 0.15) is 10.5 Å². The van der Waals surface area contributed by atoms with Crippen LogP contribution >= 0.6 is 11.8 Å². The van der Waals surface area contributed by atoms with Gasteiger partial charge in [-0.2, -0.15) is 0 Å². The Morgan fingerprint density at radius 3 is 2.86 bits per heavy atom. The summed E-state index contributed by atoms with van der Waals surface area (Å²) in [6.07, 6.45) is 0. The molecule has 0 aliphatic carbocycles. The maximum Gasteiger partial charge on any atom is 0.356 e. The first kappa shape index (κ1) is 13.5. The third kappa shape index (κ3) is 2.71. The number of esters is 1. The van der Waals surface area contributed by atoms with E-state index in [9.17, 15) is 4.79 Å². The number of nitrogens with zero attached hydrogens (tertiary/aromatic N) is 1. The molecule has 0 amide bonds. The van der Waals surface area contributed by atoms with Crippen molar-refractivity contribution in [2.24, 2.45) is 0 Å². The van der Waals surface area contributed by atoms with Gasteiger partial charge in [-0.3, -0.25) is 0 Å². The highest BCUT2D eigenvalue weighted by molar-refractivity contribution is 7.99. The molecule has 0 aliphatic heterocycles. The molecular formula is C15H13N3O2S. The second-order valence-corrected chi connectivity index (χ2v) is 5.44. The molecule has 5 nitrogen and oxygen atoms in total. The number of para-hydroxylation sites is 1. The van der Waals surface area contributed by atoms with Crippen LogP contribution in [0.3, 0.4) is 0 Å². The third-order valence-electron chi connectivity index (χ3n) is 3.00. The molecular weight excluding hydrogens is 286 g/mol. The van der Waals surface area contributed by atoms with E-state index >= 15 is 0 Å². The number of nitrogen functional groups attached to an aromatic ring is 1. The molecule has 0 radical (unpaired) electrons. The van der Waals surface area contributed by atoms with Crippen LogP contribution in [0.5, 0.6) is 0 Å². The number of pyridine rings is 1. The molecule has 0 spiro atoms. The molecule has 0 fully saturated rings. The number of ether oxygens (including phenoxy) is 1. The summed E-state index contributed by atoms with van der Waals surface area (Å²) in [7, 11) is 1.32. The number of nitrogens with one attached hydrogen (secondary N) is 1. The zero-order chi connectivity index (χ0) is 14.8. The van der Waals surface area contributed by atoms with Crippen molar-refractivity contribution in [2.75, 3.05) is 12.8 Å². The average molecular weight is 299 g/mol. The molecule has 3 aromatic rings. The number of H-pyrrole nitrogens is 1. The van der Waals surface area contributed by atoms with Crippen LogP contribution in [0.2, 0.25) is 0 Å². The molecule has 6 heteroatoms. The quantitative estimate of drug-likeness (QED) is 0.726. The second-order valence-electron chi connectivity index (χ2n) is 4.41. The first-order chi connectivity index (χ1) is 10.2. The molecule has 1 aromatic carbocycles. The number of rotatable bonds is 3. The molecule has 21 heavy (non-hydrogen) atoms. The lowest BCUT2D eigenvalue weighted by molar-refractivity contribution is 0.0593. The fourth-order valence-electron chi connectivity index (χ4n) is 1.96. The summed E-state index contributed by atoms with van der Waals surface area (Å²) in [6.45, 7) is 0. The van der Waals surface area contributed by atoms with Gasteiger partial charge < -0.3 is 15.5 Å². The number of benzene rings is 1. The lowest BCUT2D eigenvalue weighted by atomic mass is 10.3. The number of hydrogen-bond acceptors (Lipinski definition) is 5. The predicted molar refractivity (Wildman–Crippen MR) is 82.4 cm³/mol. The van der Waals surface area contributed by atoms with Gasteiger partial charge in [0.15, 0.2) is 0 Å². The van der Waals surface area contributed by atoms with Crippen LogP contribution in [0.25, 0.3) is 10.9 Å². The van der Waals surface area contributed by atoms with Crippen molar-refractivity contribution in [1.82, 2.24) is 9.97 Å². The number of nitrogens with two attached hydrogens (primary N) is 1. The van der Waals surface area contributed by atoms with Crippen molar-refractivity contribution in [3.8, 4) is 0 Å². The summed E-state index contributed by atoms with van der Waals surface area (Å²) in [5.74, 6) is -0.478. The first-order valence-corrected chi connectivity index (χ1v) is 7.09. The van der Waals surface area contributed by atoms with E-state index in [0.717, 1.165) is 15.9 Å². The van der Waals surface area contributed by atoms with Crippen molar-refractivity contribution in [3.05, 3.63) is 48.2 Å². The first-order valence-electron chi connectivity index (χ1n) is 6.28. The molecule has 3 N–H and O–H groups in total. The monoisotopic (exact) mass is 299 g/mol. The van der Waals surface area contributed by atoms with Gasteiger partial charge in [-0.1, -0.05) is 30.0 Å². The molecule has 0 bridgehead atoms. The van der Waals surface area contributed by atoms with Crippen LogP contribution in [0.4, 0.5) is 5.69 Å². The Bertz CT molecular complexity index is 781. The number of aromatic amines is 1. The number of hydrogen-bond donors (Lipinski definition) is 2. The van der Waals surface area contributed by atoms with Gasteiger partial charge >= 0.3 is 5.97 Å². The van der Waals surface area contributed by atoms with E-state index in [1.54, 1.807) is 12.1 Å². The van der Waals surface area contributed by atoms with Crippen molar-refractivity contribution < 1.29 is 9.53 Å². The van der Waals surface area contributed by atoms with E-state index in [0.29, 0.717) is 10.7 Å². The Morgan fingerprint density at radius 2 is 2.10 bits per heavy atom. The van der Waals surface area contributed by atoms with E-state index in [1.165, 1.54) is 18.9 Å². The topological polar surface area (TPSA) is 81.0 Å². The normalized spacial score (nSPS) is 10.7. The smallest absolute Gasteiger partial charge is 0.356 e. The van der Waals surface area contributed by atoms with Crippen molar-refractivity contribution in [2.45, 2.75) is 10.1 Å². The largest absolute Gasteiger partial charge is 0.464 e. The van der Waals surface area contributed by atoms with Gasteiger partial charge in [-0.25, -0.2) is 9.78 Å². The van der Waals surface area contributed by atoms with Crippen molar-refractivity contribution in [1.29, 1.82) is 0 Å². The van der Waals surface area contributed by atoms with E-state index in [2.05, 4.69) is 14.7 Å². The average Bonchev–Trinajstić information content (AvgIpc) is 2.91. The highest BCUT2D eigenvalue weighted by Gasteiger charge is 2.12. The minimum Gasteiger partial charge on any atom is -0.464 e. The van der Waals surface area contributed by atoms with Gasteiger partial charge in [0.1, 0.15) is 10.7 Å². The number of carbonyl (C=O) groups excluding carboxylic acids is 1. The number of anilines is 1. The van der Waals surface area contributed by atoms with Crippen molar-refractivity contribution >= 4 is 34.3 Å². The number of aromatic nitrogens is 2. The van der Waals surface area contributed by atoms with E-state index in [1.807, 2.05) is 30.3 Å². The minimum absolute atomic E-state index is 0.241. The van der Waals surface area contributed by atoms with Crippen LogP contribution in [0.15, 0.2) is 52.5 Å². The Labute approximate surface area is 125 Å². The highest BCUT2D eigenvalue weighted by atomic mass is 32.2. The Kier molecular flexibility index (Phi) is 3.53. The molecule has 2 aromatic heterocycles. The fourth-order valence-corrected chi connectivity index (χ4v) is 2.84. The molecule has 0 aliphatic rings. The van der Waals surface area contributed by atoms with Gasteiger partial charge in [-0.05, 0) is 24.3 Å². The summed E-state index contributed by atoms with van der Waals surface area (Å²) in [6, 6.07) is 13.2. The molecule has 0 unspecified atom stereocenters. The van der Waals surface area contributed by atoms with Gasteiger partial charge in [-0.15, -0.1) is 0 Å². The minimum atomic E-state index is -0.478. The maximum atomic E-state index is 11.5. The van der Waals surface area contributed by atoms with Crippen LogP contribution in [-0.4, -0.2) is 23.0 Å². The van der Waals surface area contributed by atoms with Gasteiger partial charge in [0.25, 0.3) is 0 Å². The zero-order valence-corrected chi connectivity index (χ0v) is 12.1. The molecule has 2 heterocycles. The summed E-state index contributed by atoms with van der Waals surface area (Å²) in [4.78, 5) is 19.1. The van der Waals surface area contributed by atoms with Gasteiger partial charge in [0, 0.05) is 10.9 Å². The van der Waals surface area contributed by atoms with Crippen LogP contribution < -0.4 is 5.73 Å². The molecule has 0 atom stereocenters. The molecule has 0 saturated heterocycles. The van der Waals surface area contributed by atoms with Gasteiger partial charge in [0.2, 0.25) is 0 Å². The van der Waals surface area contributed by atoms with E-state index < -0.39 is 5.97 Å². The molecule has 0 saturated carbocycles. The maximum absolute atomic E-state index is 11.5. The second kappa shape index (κ2) is 5.49. The standard InChI is InChI=1S/C15H13N3O2S/c1-20-15(19)12-7-6-10(16)14(18-12)21-13-8-9-4-2-3-5-11(9)17-13/h2-8,17H,16H2,1H3. The summed E-state index contributed by atoms with van der Waals surface area (Å²) in [5, 5.41) is 2.60. The number of fused-ring (bicyclic) bond motifs is 1. The Balaban J connectivity index is 1.94. The summed E-state index contributed by atoms with van der Waals surface area (Å²) in [5.41, 5.74) is 7.73. The lowest BCUT2D eigenvalue weighted by Crippen LogP contribution is -2.05. The molecule has 3 rings (SSSR count). The fraction of sp³-hybridized carbons (Fsp3) is 0.0667. The predicted octanol–water partition coefficient (Wildman–Crippen LogP) is 3.08. The van der Waals surface area contributed by atoms with E-state index in [-0.39, 0.29) is 5.69 Å². The van der Waals surface area contributed by atoms with Crippen molar-refractivity contribution in [3.63, 3.8) is 0 Å². The third-order valence-corrected chi connectivity index (χ3v) is 3.96. The van der Waals surface area contributed by atoms with Crippen LogP contribution in [-0.2, 0) is 4.74 Å². The van der Waals surface area contributed by atoms with Crippen LogP contribution in [0, 0.1) is 0 Å². The zero-order valence-electron chi connectivity index (χ0n) is 11.3. The Hall–Kier alpha value is -2.47. The summed E-state index contributed by atoms with van der Waals surface area (Å²) >= 11 is 1.38. The number of carbonyl (C=O) groups is 1. The van der Waals surface area contributed by atoms with E-state index in [4.69, 9.17) is 5.73 Å². The van der Waals surface area contributed by atoms with Gasteiger partial charge in [0.05, 0.1) is 17.8 Å². The highest BCUT2D eigenvalue weighted by Crippen LogP contribution is 2.32. The lowest BCUT2D eigenvalue weighted by Gasteiger charge is -2.05.